The van der Waals surface area contributed by atoms with Gasteiger partial charge in [0.15, 0.2) is 0 Å². The van der Waals surface area contributed by atoms with E-state index in [-0.39, 0.29) is 12.1 Å². The molecule has 9 nitrogen and oxygen atoms in total. The third-order valence-corrected chi connectivity index (χ3v) is 7.46. The van der Waals surface area contributed by atoms with Crippen molar-refractivity contribution in [3.63, 3.8) is 0 Å². The Morgan fingerprint density at radius 1 is 0.938 bits per heavy atom. The molecule has 48 heavy (non-hydrogen) atoms. The van der Waals surface area contributed by atoms with Crippen LogP contribution in [0.5, 0.6) is 11.5 Å². The largest absolute Gasteiger partial charge is 0.457 e. The molecule has 0 fully saturated rings. The van der Waals surface area contributed by atoms with Crippen LogP contribution in [-0.4, -0.2) is 24.0 Å². The Bertz CT molecular complexity index is 1620. The summed E-state index contributed by atoms with van der Waals surface area (Å²) in [6.07, 6.45) is 5.37. The minimum absolute atomic E-state index is 0.145. The smallest absolute Gasteiger partial charge is 0.251 e. The quantitative estimate of drug-likeness (QED) is 0.105. The summed E-state index contributed by atoms with van der Waals surface area (Å²) in [6.45, 7) is 16.1. The summed E-state index contributed by atoms with van der Waals surface area (Å²) in [5.41, 5.74) is 17.9. The number of para-hydroxylation sites is 1. The van der Waals surface area contributed by atoms with Crippen LogP contribution in [0.15, 0.2) is 121 Å². The normalized spacial score (nSPS) is 13.3. The van der Waals surface area contributed by atoms with Crippen LogP contribution in [0.2, 0.25) is 0 Å². The van der Waals surface area contributed by atoms with Crippen LogP contribution in [0.4, 0.5) is 11.4 Å². The van der Waals surface area contributed by atoms with Crippen LogP contribution < -0.4 is 37.1 Å². The Kier molecular flexibility index (Phi) is 14.9. The molecule has 9 heteroatoms. The summed E-state index contributed by atoms with van der Waals surface area (Å²) in [5.74, 6) is 2.21. The number of rotatable bonds is 12. The molecule has 1 amide bonds. The van der Waals surface area contributed by atoms with E-state index in [4.69, 9.17) is 16.2 Å². The van der Waals surface area contributed by atoms with Crippen LogP contribution in [0.1, 0.15) is 75.1 Å². The van der Waals surface area contributed by atoms with Gasteiger partial charge in [0.1, 0.15) is 17.7 Å². The zero-order valence-electron chi connectivity index (χ0n) is 28.9. The highest BCUT2D eigenvalue weighted by molar-refractivity contribution is 5.97. The number of nitrogens with two attached hydrogens (primary N) is 2. The summed E-state index contributed by atoms with van der Waals surface area (Å²) in [4.78, 5) is 19.0. The van der Waals surface area contributed by atoms with E-state index in [0.717, 1.165) is 59.2 Å². The Balaban J connectivity index is 0.000000449. The fraction of sp³-hybridized carbons (Fsp3) is 0.282. The summed E-state index contributed by atoms with van der Waals surface area (Å²) >= 11 is 0. The predicted molar refractivity (Wildman–Crippen MR) is 199 cm³/mol. The van der Waals surface area contributed by atoms with Gasteiger partial charge in [-0.25, -0.2) is 0 Å². The molecule has 0 spiro atoms. The number of fused-ring (bicyclic) bond motifs is 1. The topological polar surface area (TPSA) is 131 Å². The molecule has 0 saturated carbocycles. The van der Waals surface area contributed by atoms with Gasteiger partial charge in [-0.05, 0) is 91.1 Å². The summed E-state index contributed by atoms with van der Waals surface area (Å²) in [6, 6.07) is 27.0. The monoisotopic (exact) mass is 649 g/mol. The minimum atomic E-state index is -0.199. The lowest BCUT2D eigenvalue weighted by Crippen LogP contribution is -2.31. The summed E-state index contributed by atoms with van der Waals surface area (Å²) in [5, 5.41) is 9.66. The molecule has 1 unspecified atom stereocenters. The van der Waals surface area contributed by atoms with Crippen LogP contribution in [0.25, 0.3) is 0 Å². The van der Waals surface area contributed by atoms with Crippen molar-refractivity contribution in [1.29, 1.82) is 0 Å². The molecule has 0 aliphatic carbocycles. The molecule has 2 heterocycles. The van der Waals surface area contributed by atoms with Gasteiger partial charge in [0.2, 0.25) is 0 Å². The molecular formula is C39H51N7O2. The van der Waals surface area contributed by atoms with Gasteiger partial charge in [-0.2, -0.15) is 0 Å². The van der Waals surface area contributed by atoms with Crippen molar-refractivity contribution in [2.45, 2.75) is 60.2 Å². The van der Waals surface area contributed by atoms with Crippen molar-refractivity contribution in [3.05, 3.63) is 138 Å². The van der Waals surface area contributed by atoms with E-state index >= 15 is 0 Å². The Hall–Kier alpha value is -5.44. The van der Waals surface area contributed by atoms with Crippen molar-refractivity contribution in [1.82, 2.24) is 15.6 Å². The maximum Gasteiger partial charge on any atom is 0.251 e. The SMILES string of the molecule is C=C(N)CN1c2ccc(C(=O)NCc3ccncc3)cc2NC1c1cccc(Oc2ccccc2)c1.CC.CCCN/C(N)=C(\C)CC. The molecule has 0 radical (unpaired) electrons. The van der Waals surface area contributed by atoms with Gasteiger partial charge in [0.25, 0.3) is 5.91 Å². The van der Waals surface area contributed by atoms with Crippen LogP contribution >= 0.6 is 0 Å². The molecule has 1 aromatic heterocycles. The number of carbonyl (C=O) groups is 1. The Labute approximate surface area is 286 Å². The number of nitrogens with zero attached hydrogens (tertiary/aromatic N) is 2. The zero-order valence-corrected chi connectivity index (χ0v) is 28.9. The molecule has 254 valence electrons. The number of anilines is 2. The third-order valence-electron chi connectivity index (χ3n) is 7.46. The second kappa shape index (κ2) is 19.3. The maximum atomic E-state index is 12.8. The van der Waals surface area contributed by atoms with Crippen molar-refractivity contribution in [2.24, 2.45) is 11.5 Å². The van der Waals surface area contributed by atoms with Crippen LogP contribution in [0.3, 0.4) is 0 Å². The lowest BCUT2D eigenvalue weighted by Gasteiger charge is -2.27. The average Bonchev–Trinajstić information content (AvgIpc) is 3.48. The number of pyridine rings is 1. The number of benzene rings is 3. The first-order chi connectivity index (χ1) is 23.3. The average molecular weight is 650 g/mol. The number of amides is 1. The standard InChI is InChI=1S/C29H27N5O2.C8H18N2.C2H6/c1-20(30)19-34-27-11-10-23(29(35)32-18-21-12-14-31-15-13-21)17-26(27)33-28(34)22-6-5-9-25(16-22)36-24-7-3-2-4-8-24;1-4-6-10-8(9)7(3)5-2;1-2/h2-17,28,33H,1,18-19,30H2,(H,32,35);10H,4-6,9H2,1-3H3;1-2H3/b;8-7+;. The van der Waals surface area contributed by atoms with E-state index < -0.39 is 0 Å². The fourth-order valence-corrected chi connectivity index (χ4v) is 4.82. The highest BCUT2D eigenvalue weighted by atomic mass is 16.5. The third kappa shape index (κ3) is 10.8. The number of ether oxygens (including phenoxy) is 1. The van der Waals surface area contributed by atoms with Crippen LogP contribution in [-0.2, 0) is 6.54 Å². The lowest BCUT2D eigenvalue weighted by molar-refractivity contribution is 0.0951. The first kappa shape index (κ1) is 37.0. The number of hydrogen-bond acceptors (Lipinski definition) is 8. The number of allylic oxidation sites excluding steroid dienone is 1. The zero-order chi connectivity index (χ0) is 34.9. The van der Waals surface area contributed by atoms with Crippen molar-refractivity contribution < 1.29 is 9.53 Å². The highest BCUT2D eigenvalue weighted by Crippen LogP contribution is 2.42. The molecule has 7 N–H and O–H groups in total. The Morgan fingerprint density at radius 3 is 2.31 bits per heavy atom. The van der Waals surface area contributed by atoms with E-state index in [0.29, 0.717) is 24.4 Å². The van der Waals surface area contributed by atoms with Gasteiger partial charge >= 0.3 is 0 Å². The molecule has 0 bridgehead atoms. The molecular weight excluding hydrogens is 598 g/mol. The maximum absolute atomic E-state index is 12.8. The van der Waals surface area contributed by atoms with E-state index in [1.165, 1.54) is 5.57 Å². The van der Waals surface area contributed by atoms with Crippen molar-refractivity contribution >= 4 is 17.3 Å². The van der Waals surface area contributed by atoms with E-state index in [1.54, 1.807) is 12.4 Å². The lowest BCUT2D eigenvalue weighted by atomic mass is 10.1. The molecule has 5 rings (SSSR count). The molecule has 4 aromatic rings. The molecule has 3 aromatic carbocycles. The summed E-state index contributed by atoms with van der Waals surface area (Å²) < 4.78 is 6.04. The number of carbonyl (C=O) groups excluding carboxylic acids is 1. The van der Waals surface area contributed by atoms with Gasteiger partial charge in [0.05, 0.1) is 23.7 Å². The number of hydrogen-bond donors (Lipinski definition) is 5. The molecule has 1 aliphatic rings. The number of nitrogens with one attached hydrogen (secondary N) is 3. The molecule has 1 aliphatic heterocycles. The molecule has 1 atom stereocenters. The van der Waals surface area contributed by atoms with Crippen molar-refractivity contribution in [2.75, 3.05) is 23.3 Å². The van der Waals surface area contributed by atoms with Gasteiger partial charge in [-0.3, -0.25) is 9.78 Å². The summed E-state index contributed by atoms with van der Waals surface area (Å²) in [7, 11) is 0. The molecule has 0 saturated heterocycles. The van der Waals surface area contributed by atoms with Gasteiger partial charge in [-0.15, -0.1) is 0 Å². The minimum Gasteiger partial charge on any atom is -0.457 e. The first-order valence-electron chi connectivity index (χ1n) is 16.6. The van der Waals surface area contributed by atoms with E-state index in [1.807, 2.05) is 98.8 Å². The van der Waals surface area contributed by atoms with Gasteiger partial charge < -0.3 is 37.1 Å². The van der Waals surface area contributed by atoms with Gasteiger partial charge in [0, 0.05) is 36.7 Å². The highest BCUT2D eigenvalue weighted by Gasteiger charge is 2.31. The number of aromatic nitrogens is 1. The van der Waals surface area contributed by atoms with E-state index in [9.17, 15) is 4.79 Å². The second-order valence-electron chi connectivity index (χ2n) is 11.1. The van der Waals surface area contributed by atoms with E-state index in [2.05, 4.69) is 53.2 Å². The first-order valence-corrected chi connectivity index (χ1v) is 16.6. The Morgan fingerprint density at radius 2 is 1.65 bits per heavy atom. The second-order valence-corrected chi connectivity index (χ2v) is 11.1. The fourth-order valence-electron chi connectivity index (χ4n) is 4.82. The van der Waals surface area contributed by atoms with Gasteiger partial charge in [-0.1, -0.05) is 64.6 Å². The van der Waals surface area contributed by atoms with Crippen LogP contribution in [0, 0.1) is 0 Å². The van der Waals surface area contributed by atoms with Crippen molar-refractivity contribution in [3.8, 4) is 11.5 Å². The predicted octanol–water partition coefficient (Wildman–Crippen LogP) is 7.82.